The Bertz CT molecular complexity index is 671. The molecule has 0 aromatic heterocycles. The van der Waals surface area contributed by atoms with Gasteiger partial charge in [-0.15, -0.1) is 0 Å². The average molecular weight is 422 g/mol. The molecule has 1 atom stereocenters. The zero-order valence-corrected chi connectivity index (χ0v) is 18.5. The zero-order valence-electron chi connectivity index (χ0n) is 18.5. The molecule has 2 aliphatic rings. The normalized spacial score (nSPS) is 20.7. The molecule has 2 heterocycles. The minimum absolute atomic E-state index is 0.00195. The molecule has 0 amide bonds. The maximum atomic E-state index is 13.4. The highest BCUT2D eigenvalue weighted by Crippen LogP contribution is 2.22. The lowest BCUT2D eigenvalue weighted by Gasteiger charge is -2.41. The molecule has 7 nitrogen and oxygen atoms in total. The van der Waals surface area contributed by atoms with Gasteiger partial charge in [0.2, 0.25) is 0 Å². The number of halogens is 1. The number of hydrogen-bond acceptors (Lipinski definition) is 5. The molecule has 2 N–H and O–H groups in total. The Morgan fingerprint density at radius 1 is 1.03 bits per heavy atom. The fourth-order valence-electron chi connectivity index (χ4n) is 4.03. The van der Waals surface area contributed by atoms with Crippen molar-refractivity contribution in [2.75, 3.05) is 72.7 Å². The van der Waals surface area contributed by atoms with Crippen LogP contribution in [0.25, 0.3) is 0 Å². The van der Waals surface area contributed by atoms with Crippen molar-refractivity contribution in [2.24, 2.45) is 4.99 Å². The van der Waals surface area contributed by atoms with Crippen molar-refractivity contribution in [3.8, 4) is 0 Å². The van der Waals surface area contributed by atoms with Crippen LogP contribution in [0.1, 0.15) is 25.5 Å². The molecule has 0 saturated carbocycles. The number of morpholine rings is 2. The van der Waals surface area contributed by atoms with E-state index in [9.17, 15) is 4.39 Å². The number of hydrogen-bond donors (Lipinski definition) is 2. The zero-order chi connectivity index (χ0) is 21.4. The third kappa shape index (κ3) is 6.38. The lowest BCUT2D eigenvalue weighted by atomic mass is 10.0. The van der Waals surface area contributed by atoms with E-state index < -0.39 is 0 Å². The standard InChI is InChI=1S/C22H36FN5O2/c1-22(2,28-10-14-30-15-11-28)17-26-21(24-3)25-16-20(27-8-12-29-13-9-27)18-4-6-19(23)7-5-18/h4-7,20H,8-17H2,1-3H3,(H2,24,25,26). The van der Waals surface area contributed by atoms with Crippen LogP contribution in [0.4, 0.5) is 4.39 Å². The Morgan fingerprint density at radius 2 is 1.63 bits per heavy atom. The summed E-state index contributed by atoms with van der Waals surface area (Å²) in [7, 11) is 1.79. The molecule has 0 bridgehead atoms. The topological polar surface area (TPSA) is 61.4 Å². The Morgan fingerprint density at radius 3 is 2.23 bits per heavy atom. The van der Waals surface area contributed by atoms with E-state index in [2.05, 4.69) is 39.3 Å². The first kappa shape index (κ1) is 22.9. The Hall–Kier alpha value is -1.74. The molecule has 168 valence electrons. The molecule has 2 saturated heterocycles. The second-order valence-corrected chi connectivity index (χ2v) is 8.43. The summed E-state index contributed by atoms with van der Waals surface area (Å²) in [5.74, 6) is 0.562. The van der Waals surface area contributed by atoms with E-state index in [4.69, 9.17) is 9.47 Å². The van der Waals surface area contributed by atoms with Gasteiger partial charge in [0.15, 0.2) is 5.96 Å². The summed E-state index contributed by atoms with van der Waals surface area (Å²) in [4.78, 5) is 9.24. The molecular formula is C22H36FN5O2. The van der Waals surface area contributed by atoms with Gasteiger partial charge in [-0.05, 0) is 31.5 Å². The van der Waals surface area contributed by atoms with E-state index in [0.717, 1.165) is 70.7 Å². The van der Waals surface area contributed by atoms with Crippen LogP contribution >= 0.6 is 0 Å². The van der Waals surface area contributed by atoms with Crippen molar-refractivity contribution < 1.29 is 13.9 Å². The van der Waals surface area contributed by atoms with Crippen molar-refractivity contribution in [3.05, 3.63) is 35.6 Å². The predicted octanol–water partition coefficient (Wildman–Crippen LogP) is 1.47. The highest BCUT2D eigenvalue weighted by atomic mass is 19.1. The molecular weight excluding hydrogens is 385 g/mol. The summed E-state index contributed by atoms with van der Waals surface area (Å²) >= 11 is 0. The van der Waals surface area contributed by atoms with Gasteiger partial charge >= 0.3 is 0 Å². The number of aliphatic imine (C=N–C) groups is 1. The van der Waals surface area contributed by atoms with Gasteiger partial charge in [-0.1, -0.05) is 12.1 Å². The molecule has 0 spiro atoms. The number of rotatable bonds is 7. The van der Waals surface area contributed by atoms with Gasteiger partial charge in [0.05, 0.1) is 32.5 Å². The van der Waals surface area contributed by atoms with Crippen molar-refractivity contribution in [1.29, 1.82) is 0 Å². The van der Waals surface area contributed by atoms with Gasteiger partial charge in [0, 0.05) is 51.9 Å². The second-order valence-electron chi connectivity index (χ2n) is 8.43. The molecule has 0 radical (unpaired) electrons. The molecule has 1 unspecified atom stereocenters. The van der Waals surface area contributed by atoms with Crippen LogP contribution in [0, 0.1) is 5.82 Å². The first-order chi connectivity index (χ1) is 14.5. The quantitative estimate of drug-likeness (QED) is 0.514. The third-order valence-corrected chi connectivity index (χ3v) is 5.98. The van der Waals surface area contributed by atoms with Gasteiger partial charge in [-0.2, -0.15) is 0 Å². The summed E-state index contributed by atoms with van der Waals surface area (Å²) in [5.41, 5.74) is 1.09. The maximum absolute atomic E-state index is 13.4. The lowest BCUT2D eigenvalue weighted by Crippen LogP contribution is -2.57. The number of ether oxygens (including phenoxy) is 2. The van der Waals surface area contributed by atoms with E-state index >= 15 is 0 Å². The summed E-state index contributed by atoms with van der Waals surface area (Å²) in [6.07, 6.45) is 0. The van der Waals surface area contributed by atoms with Gasteiger partial charge in [-0.3, -0.25) is 14.8 Å². The summed E-state index contributed by atoms with van der Waals surface area (Å²) in [5, 5.41) is 6.95. The van der Waals surface area contributed by atoms with Crippen LogP contribution < -0.4 is 10.6 Å². The summed E-state index contributed by atoms with van der Waals surface area (Å²) < 4.78 is 24.4. The Balaban J connectivity index is 1.59. The van der Waals surface area contributed by atoms with Crippen LogP contribution in [-0.4, -0.2) is 94.0 Å². The number of benzene rings is 1. The predicted molar refractivity (Wildman–Crippen MR) is 117 cm³/mol. The second kappa shape index (κ2) is 11.0. The monoisotopic (exact) mass is 421 g/mol. The molecule has 0 aliphatic carbocycles. The largest absolute Gasteiger partial charge is 0.379 e. The highest BCUT2D eigenvalue weighted by Gasteiger charge is 2.28. The number of nitrogens with one attached hydrogen (secondary N) is 2. The number of nitrogens with zero attached hydrogens (tertiary/aromatic N) is 3. The van der Waals surface area contributed by atoms with E-state index in [1.165, 1.54) is 12.1 Å². The van der Waals surface area contributed by atoms with Crippen molar-refractivity contribution in [3.63, 3.8) is 0 Å². The van der Waals surface area contributed by atoms with Crippen LogP contribution in [-0.2, 0) is 9.47 Å². The smallest absolute Gasteiger partial charge is 0.191 e. The molecule has 2 aliphatic heterocycles. The number of guanidine groups is 1. The van der Waals surface area contributed by atoms with Crippen LogP contribution in [0.2, 0.25) is 0 Å². The SMILES string of the molecule is CN=C(NCC(c1ccc(F)cc1)N1CCOCC1)NCC(C)(C)N1CCOCC1. The van der Waals surface area contributed by atoms with Crippen LogP contribution in [0.5, 0.6) is 0 Å². The minimum Gasteiger partial charge on any atom is -0.379 e. The fourth-order valence-corrected chi connectivity index (χ4v) is 4.03. The van der Waals surface area contributed by atoms with Crippen LogP contribution in [0.3, 0.4) is 0 Å². The highest BCUT2D eigenvalue weighted by molar-refractivity contribution is 5.79. The van der Waals surface area contributed by atoms with E-state index in [1.807, 2.05) is 12.1 Å². The molecule has 2 fully saturated rings. The fraction of sp³-hybridized carbons (Fsp3) is 0.682. The lowest BCUT2D eigenvalue weighted by molar-refractivity contribution is -0.00836. The molecule has 8 heteroatoms. The molecule has 1 aromatic carbocycles. The Labute approximate surface area is 179 Å². The molecule has 3 rings (SSSR count). The average Bonchev–Trinajstić information content (AvgIpc) is 2.78. The van der Waals surface area contributed by atoms with Crippen molar-refractivity contribution in [2.45, 2.75) is 25.4 Å². The van der Waals surface area contributed by atoms with E-state index in [0.29, 0.717) is 6.54 Å². The van der Waals surface area contributed by atoms with Gasteiger partial charge < -0.3 is 20.1 Å². The van der Waals surface area contributed by atoms with Crippen molar-refractivity contribution in [1.82, 2.24) is 20.4 Å². The maximum Gasteiger partial charge on any atom is 0.191 e. The third-order valence-electron chi connectivity index (χ3n) is 5.98. The van der Waals surface area contributed by atoms with Crippen molar-refractivity contribution >= 4 is 5.96 Å². The van der Waals surface area contributed by atoms with E-state index in [-0.39, 0.29) is 17.4 Å². The first-order valence-corrected chi connectivity index (χ1v) is 10.8. The summed E-state index contributed by atoms with van der Waals surface area (Å²) in [6.45, 7) is 12.6. The minimum atomic E-state index is -0.213. The summed E-state index contributed by atoms with van der Waals surface area (Å²) in [6, 6.07) is 6.92. The van der Waals surface area contributed by atoms with Gasteiger partial charge in [0.25, 0.3) is 0 Å². The molecule has 30 heavy (non-hydrogen) atoms. The first-order valence-electron chi connectivity index (χ1n) is 10.8. The van der Waals surface area contributed by atoms with Gasteiger partial charge in [0.1, 0.15) is 5.82 Å². The molecule has 1 aromatic rings. The Kier molecular flexibility index (Phi) is 8.44. The van der Waals surface area contributed by atoms with Crippen LogP contribution in [0.15, 0.2) is 29.3 Å². The van der Waals surface area contributed by atoms with E-state index in [1.54, 1.807) is 7.05 Å². The van der Waals surface area contributed by atoms with Gasteiger partial charge in [-0.25, -0.2) is 4.39 Å².